The van der Waals surface area contributed by atoms with Crippen molar-refractivity contribution in [3.05, 3.63) is 78.6 Å². The molecule has 5 aromatic rings. The van der Waals surface area contributed by atoms with Crippen molar-refractivity contribution in [3.63, 3.8) is 0 Å². The van der Waals surface area contributed by atoms with Crippen LogP contribution in [0.1, 0.15) is 0 Å². The molecule has 2 heterocycles. The molecule has 0 unspecified atom stereocenters. The second-order valence-corrected chi connectivity index (χ2v) is 5.61. The Labute approximate surface area is 126 Å². The van der Waals surface area contributed by atoms with Crippen LogP contribution < -0.4 is 0 Å². The molecule has 1 nitrogen and oxygen atoms in total. The first-order valence-electron chi connectivity index (χ1n) is 7.34. The Kier molecular flexibility index (Phi) is 2.18. The van der Waals surface area contributed by atoms with Crippen molar-refractivity contribution in [1.82, 2.24) is 4.40 Å². The molecule has 0 fully saturated rings. The maximum absolute atomic E-state index is 14.6. The molecule has 0 aliphatic rings. The summed E-state index contributed by atoms with van der Waals surface area (Å²) in [7, 11) is 0. The molecule has 2 aromatic heterocycles. The van der Waals surface area contributed by atoms with E-state index in [4.69, 9.17) is 0 Å². The molecule has 0 radical (unpaired) electrons. The average molecular weight is 285 g/mol. The fourth-order valence-corrected chi connectivity index (χ4v) is 3.50. The molecule has 5 rings (SSSR count). The number of fused-ring (bicyclic) bond motifs is 8. The number of nitrogens with zero attached hydrogens (tertiary/aromatic N) is 1. The van der Waals surface area contributed by atoms with Crippen LogP contribution in [0.5, 0.6) is 0 Å². The van der Waals surface area contributed by atoms with Gasteiger partial charge in [-0.15, -0.1) is 0 Å². The van der Waals surface area contributed by atoms with Crippen LogP contribution in [0.2, 0.25) is 0 Å². The fourth-order valence-electron chi connectivity index (χ4n) is 3.50. The highest BCUT2D eigenvalue weighted by Gasteiger charge is 2.13. The number of para-hydroxylation sites is 2. The highest BCUT2D eigenvalue weighted by molar-refractivity contribution is 6.15. The van der Waals surface area contributed by atoms with Crippen LogP contribution in [0, 0.1) is 5.82 Å². The molecule has 0 atom stereocenters. The van der Waals surface area contributed by atoms with E-state index in [1.807, 2.05) is 40.8 Å². The number of benzene rings is 3. The summed E-state index contributed by atoms with van der Waals surface area (Å²) in [6, 6.07) is 23.8. The van der Waals surface area contributed by atoms with E-state index in [2.05, 4.69) is 24.3 Å². The van der Waals surface area contributed by atoms with Crippen LogP contribution in [-0.2, 0) is 0 Å². The van der Waals surface area contributed by atoms with E-state index in [9.17, 15) is 4.39 Å². The number of halogens is 1. The average Bonchev–Trinajstić information content (AvgIpc) is 2.95. The zero-order valence-electron chi connectivity index (χ0n) is 11.8. The lowest BCUT2D eigenvalue weighted by atomic mass is 10.0. The standard InChI is InChI=1S/C20H12FN/c21-17-10-5-9-16-14-7-2-3-8-15(14)19-12-13-6-1-4-11-18(13)22(19)20(16)17/h1-12H. The monoisotopic (exact) mass is 285 g/mol. The molecule has 0 aliphatic carbocycles. The van der Waals surface area contributed by atoms with Crippen LogP contribution in [0.25, 0.3) is 38.1 Å². The molecule has 104 valence electrons. The van der Waals surface area contributed by atoms with E-state index in [-0.39, 0.29) is 5.82 Å². The SMILES string of the molecule is Fc1cccc2c3ccccc3c3cc4ccccc4n3c12. The van der Waals surface area contributed by atoms with Gasteiger partial charge in [-0.3, -0.25) is 0 Å². The van der Waals surface area contributed by atoms with Gasteiger partial charge in [-0.25, -0.2) is 4.39 Å². The van der Waals surface area contributed by atoms with E-state index in [0.29, 0.717) is 5.52 Å². The van der Waals surface area contributed by atoms with Crippen molar-refractivity contribution in [1.29, 1.82) is 0 Å². The summed E-state index contributed by atoms with van der Waals surface area (Å²) in [4.78, 5) is 0. The molecule has 3 aromatic carbocycles. The smallest absolute Gasteiger partial charge is 0.147 e. The summed E-state index contributed by atoms with van der Waals surface area (Å²) in [5.41, 5.74) is 2.74. The zero-order valence-corrected chi connectivity index (χ0v) is 11.8. The lowest BCUT2D eigenvalue weighted by molar-refractivity contribution is 0.636. The van der Waals surface area contributed by atoms with Gasteiger partial charge in [-0.1, -0.05) is 54.6 Å². The van der Waals surface area contributed by atoms with Crippen molar-refractivity contribution in [2.24, 2.45) is 0 Å². The predicted molar refractivity (Wildman–Crippen MR) is 89.9 cm³/mol. The third-order valence-corrected chi connectivity index (χ3v) is 4.41. The third kappa shape index (κ3) is 1.37. The van der Waals surface area contributed by atoms with Gasteiger partial charge in [-0.05, 0) is 23.6 Å². The summed E-state index contributed by atoms with van der Waals surface area (Å²) >= 11 is 0. The van der Waals surface area contributed by atoms with Gasteiger partial charge in [0, 0.05) is 16.2 Å². The van der Waals surface area contributed by atoms with Gasteiger partial charge < -0.3 is 4.40 Å². The maximum atomic E-state index is 14.6. The van der Waals surface area contributed by atoms with Crippen LogP contribution in [0.15, 0.2) is 72.8 Å². The lowest BCUT2D eigenvalue weighted by Gasteiger charge is -2.10. The first kappa shape index (κ1) is 11.8. The Morgan fingerprint density at radius 3 is 2.27 bits per heavy atom. The predicted octanol–water partition coefficient (Wildman–Crippen LogP) is 5.54. The van der Waals surface area contributed by atoms with Crippen molar-refractivity contribution in [2.75, 3.05) is 0 Å². The Hall–Kier alpha value is -2.87. The Bertz CT molecular complexity index is 1180. The van der Waals surface area contributed by atoms with Gasteiger partial charge in [0.1, 0.15) is 5.82 Å². The van der Waals surface area contributed by atoms with Crippen LogP contribution >= 0.6 is 0 Å². The topological polar surface area (TPSA) is 4.41 Å². The van der Waals surface area contributed by atoms with Crippen molar-refractivity contribution in [3.8, 4) is 0 Å². The first-order chi connectivity index (χ1) is 10.8. The summed E-state index contributed by atoms with van der Waals surface area (Å²) in [5, 5.41) is 4.32. The zero-order chi connectivity index (χ0) is 14.7. The quantitative estimate of drug-likeness (QED) is 0.329. The Balaban J connectivity index is 2.27. The highest BCUT2D eigenvalue weighted by atomic mass is 19.1. The molecule has 0 saturated carbocycles. The molecule has 0 aliphatic heterocycles. The third-order valence-electron chi connectivity index (χ3n) is 4.41. The number of hydrogen-bond donors (Lipinski definition) is 0. The maximum Gasteiger partial charge on any atom is 0.147 e. The minimum atomic E-state index is -0.186. The lowest BCUT2D eigenvalue weighted by Crippen LogP contribution is -1.93. The Morgan fingerprint density at radius 2 is 1.36 bits per heavy atom. The normalized spacial score (nSPS) is 11.9. The van der Waals surface area contributed by atoms with Crippen LogP contribution in [0.3, 0.4) is 0 Å². The second-order valence-electron chi connectivity index (χ2n) is 5.61. The van der Waals surface area contributed by atoms with Gasteiger partial charge >= 0.3 is 0 Å². The van der Waals surface area contributed by atoms with Crippen molar-refractivity contribution in [2.45, 2.75) is 0 Å². The number of hydrogen-bond acceptors (Lipinski definition) is 0. The number of rotatable bonds is 0. The largest absolute Gasteiger partial charge is 0.306 e. The minimum absolute atomic E-state index is 0.186. The molecule has 0 saturated heterocycles. The van der Waals surface area contributed by atoms with Gasteiger partial charge in [-0.2, -0.15) is 0 Å². The van der Waals surface area contributed by atoms with E-state index in [0.717, 1.165) is 32.6 Å². The fraction of sp³-hybridized carbons (Fsp3) is 0. The van der Waals surface area contributed by atoms with Gasteiger partial charge in [0.05, 0.1) is 16.6 Å². The van der Waals surface area contributed by atoms with Gasteiger partial charge in [0.2, 0.25) is 0 Å². The van der Waals surface area contributed by atoms with Gasteiger partial charge in [0.25, 0.3) is 0 Å². The molecule has 2 heteroatoms. The molecule has 0 bridgehead atoms. The summed E-state index contributed by atoms with van der Waals surface area (Å²) in [6.07, 6.45) is 0. The molecule has 22 heavy (non-hydrogen) atoms. The second kappa shape index (κ2) is 4.08. The number of aromatic nitrogens is 1. The van der Waals surface area contributed by atoms with Crippen molar-refractivity contribution < 1.29 is 4.39 Å². The Morgan fingerprint density at radius 1 is 0.636 bits per heavy atom. The summed E-state index contributed by atoms with van der Waals surface area (Å²) in [6.45, 7) is 0. The van der Waals surface area contributed by atoms with E-state index in [1.54, 1.807) is 6.07 Å². The number of pyridine rings is 1. The molecule has 0 N–H and O–H groups in total. The van der Waals surface area contributed by atoms with Crippen molar-refractivity contribution >= 4 is 38.1 Å². The van der Waals surface area contributed by atoms with Crippen LogP contribution in [-0.4, -0.2) is 4.40 Å². The first-order valence-corrected chi connectivity index (χ1v) is 7.34. The molecule has 0 amide bonds. The van der Waals surface area contributed by atoms with E-state index < -0.39 is 0 Å². The summed E-state index contributed by atoms with van der Waals surface area (Å²) < 4.78 is 16.7. The molecular formula is C20H12FN. The van der Waals surface area contributed by atoms with E-state index >= 15 is 0 Å². The molecule has 0 spiro atoms. The van der Waals surface area contributed by atoms with E-state index in [1.165, 1.54) is 6.07 Å². The van der Waals surface area contributed by atoms with Crippen LogP contribution in [0.4, 0.5) is 4.39 Å². The highest BCUT2D eigenvalue weighted by Crippen LogP contribution is 2.34. The summed E-state index contributed by atoms with van der Waals surface area (Å²) in [5.74, 6) is -0.186. The molecular weight excluding hydrogens is 273 g/mol. The van der Waals surface area contributed by atoms with Gasteiger partial charge in [0.15, 0.2) is 0 Å². The minimum Gasteiger partial charge on any atom is -0.306 e.